The minimum absolute atomic E-state index is 0.266. The molecular weight excluding hydrogens is 462 g/mol. The summed E-state index contributed by atoms with van der Waals surface area (Å²) in [5.41, 5.74) is 2.45. The molecular formula is C27H27N3O4S. The number of amides is 1. The molecule has 1 aliphatic heterocycles. The lowest BCUT2D eigenvalue weighted by Crippen LogP contribution is -2.24. The predicted molar refractivity (Wildman–Crippen MR) is 138 cm³/mol. The van der Waals surface area contributed by atoms with Crippen molar-refractivity contribution in [1.82, 2.24) is 5.32 Å². The quantitative estimate of drug-likeness (QED) is 0.341. The van der Waals surface area contributed by atoms with Crippen molar-refractivity contribution in [2.45, 2.75) is 29.4 Å². The molecule has 3 aromatic rings. The molecule has 1 aliphatic rings. The Morgan fingerprint density at radius 3 is 2.49 bits per heavy atom. The second kappa shape index (κ2) is 11.5. The van der Waals surface area contributed by atoms with E-state index in [-0.39, 0.29) is 12.3 Å². The summed E-state index contributed by atoms with van der Waals surface area (Å²) in [6.45, 7) is 0.911. The van der Waals surface area contributed by atoms with Gasteiger partial charge in [-0.2, -0.15) is 0 Å². The van der Waals surface area contributed by atoms with Gasteiger partial charge in [-0.05, 0) is 60.9 Å². The van der Waals surface area contributed by atoms with E-state index in [1.165, 1.54) is 0 Å². The Hall–Kier alpha value is -3.91. The van der Waals surface area contributed by atoms with Crippen LogP contribution in [-0.4, -0.2) is 27.7 Å². The summed E-state index contributed by atoms with van der Waals surface area (Å²) in [5, 5.41) is 18.1. The number of carbonyl (C=O) groups excluding carboxylic acids is 1. The minimum Gasteiger partial charge on any atom is -0.481 e. The Morgan fingerprint density at radius 2 is 1.74 bits per heavy atom. The Morgan fingerprint density at radius 1 is 0.971 bits per heavy atom. The van der Waals surface area contributed by atoms with Gasteiger partial charge in [0.05, 0.1) is 28.3 Å². The maximum Gasteiger partial charge on any atom is 0.304 e. The van der Waals surface area contributed by atoms with Gasteiger partial charge in [0.2, 0.25) is 0 Å². The van der Waals surface area contributed by atoms with E-state index < -0.39 is 22.0 Å². The van der Waals surface area contributed by atoms with E-state index in [0.717, 1.165) is 30.9 Å². The highest BCUT2D eigenvalue weighted by molar-refractivity contribution is 7.85. The van der Waals surface area contributed by atoms with Crippen LogP contribution >= 0.6 is 0 Å². The number of hydrogen-bond acceptors (Lipinski definition) is 5. The van der Waals surface area contributed by atoms with E-state index in [1.807, 2.05) is 18.2 Å². The normalized spacial score (nSPS) is 14.7. The molecule has 0 fully saturated rings. The van der Waals surface area contributed by atoms with Crippen molar-refractivity contribution in [1.29, 1.82) is 0 Å². The second-order valence-electron chi connectivity index (χ2n) is 8.17. The third-order valence-corrected chi connectivity index (χ3v) is 7.24. The van der Waals surface area contributed by atoms with Gasteiger partial charge in [0.25, 0.3) is 5.91 Å². The van der Waals surface area contributed by atoms with E-state index in [1.54, 1.807) is 60.7 Å². The summed E-state index contributed by atoms with van der Waals surface area (Å²) < 4.78 is 13.3. The zero-order chi connectivity index (χ0) is 24.6. The Kier molecular flexibility index (Phi) is 7.95. The number of benzene rings is 3. The lowest BCUT2D eigenvalue weighted by molar-refractivity contribution is -0.137. The third kappa shape index (κ3) is 6.58. The molecule has 0 aromatic heterocycles. The molecule has 1 amide bonds. The Labute approximate surface area is 206 Å². The van der Waals surface area contributed by atoms with Crippen molar-refractivity contribution in [2.75, 3.05) is 17.2 Å². The van der Waals surface area contributed by atoms with Crippen LogP contribution in [0.2, 0.25) is 0 Å². The fourth-order valence-electron chi connectivity index (χ4n) is 3.84. The maximum absolute atomic E-state index is 13.3. The SMILES string of the molecule is O=C(O)CC(c1ccccc1)S(=O)c1cccc(NC(=O)c2cccc(NC3=CCCCN3)c2)c1. The molecule has 4 N–H and O–H groups in total. The van der Waals surface area contributed by atoms with Crippen molar-refractivity contribution < 1.29 is 18.9 Å². The number of allylic oxidation sites excluding steroid dienone is 1. The van der Waals surface area contributed by atoms with Crippen LogP contribution in [0.5, 0.6) is 0 Å². The fourth-order valence-corrected chi connectivity index (χ4v) is 5.33. The first-order valence-electron chi connectivity index (χ1n) is 11.4. The summed E-state index contributed by atoms with van der Waals surface area (Å²) in [6, 6.07) is 22.9. The van der Waals surface area contributed by atoms with Crippen molar-refractivity contribution >= 4 is 34.1 Å². The Balaban J connectivity index is 1.49. The van der Waals surface area contributed by atoms with Gasteiger partial charge in [-0.15, -0.1) is 0 Å². The molecule has 3 aromatic carbocycles. The summed E-state index contributed by atoms with van der Waals surface area (Å²) in [7, 11) is -1.63. The first-order valence-corrected chi connectivity index (χ1v) is 12.6. The standard InChI is InChI=1S/C27H27N3O4S/c31-26(32)18-24(19-8-2-1-3-9-19)35(34)23-13-7-12-22(17-23)30-27(33)20-10-6-11-21(16-20)29-25-14-4-5-15-28-25/h1-3,6-14,16-17,24,28-29H,4-5,15,18H2,(H,30,33)(H,31,32). The summed E-state index contributed by atoms with van der Waals surface area (Å²) >= 11 is 0. The fraction of sp³-hybridized carbons (Fsp3) is 0.185. The lowest BCUT2D eigenvalue weighted by atomic mass is 10.1. The third-order valence-electron chi connectivity index (χ3n) is 5.56. The van der Waals surface area contributed by atoms with E-state index in [4.69, 9.17) is 0 Å². The molecule has 0 bridgehead atoms. The summed E-state index contributed by atoms with van der Waals surface area (Å²) in [6.07, 6.45) is 3.93. The number of carbonyl (C=O) groups is 2. The van der Waals surface area contributed by atoms with Crippen LogP contribution in [0.4, 0.5) is 11.4 Å². The first kappa shape index (κ1) is 24.2. The van der Waals surface area contributed by atoms with Crippen LogP contribution in [0.25, 0.3) is 0 Å². The van der Waals surface area contributed by atoms with E-state index >= 15 is 0 Å². The molecule has 8 heteroatoms. The average Bonchev–Trinajstić information content (AvgIpc) is 2.88. The zero-order valence-corrected chi connectivity index (χ0v) is 19.9. The molecule has 35 heavy (non-hydrogen) atoms. The van der Waals surface area contributed by atoms with E-state index in [0.29, 0.717) is 21.7 Å². The Bertz CT molecular complexity index is 1260. The van der Waals surface area contributed by atoms with Crippen molar-refractivity contribution in [3.8, 4) is 0 Å². The highest BCUT2D eigenvalue weighted by atomic mass is 32.2. The van der Waals surface area contributed by atoms with Crippen molar-refractivity contribution in [3.63, 3.8) is 0 Å². The molecule has 0 aliphatic carbocycles. The molecule has 2 atom stereocenters. The monoisotopic (exact) mass is 489 g/mol. The van der Waals surface area contributed by atoms with Crippen LogP contribution in [0.3, 0.4) is 0 Å². The number of nitrogens with one attached hydrogen (secondary N) is 3. The number of carboxylic acids is 1. The molecule has 0 saturated carbocycles. The molecule has 7 nitrogen and oxygen atoms in total. The topological polar surface area (TPSA) is 108 Å². The van der Waals surface area contributed by atoms with Crippen LogP contribution in [0.1, 0.15) is 40.4 Å². The highest BCUT2D eigenvalue weighted by Gasteiger charge is 2.24. The van der Waals surface area contributed by atoms with Crippen LogP contribution < -0.4 is 16.0 Å². The van der Waals surface area contributed by atoms with Gasteiger partial charge in [-0.25, -0.2) is 0 Å². The number of rotatable bonds is 9. The molecule has 1 heterocycles. The maximum atomic E-state index is 13.3. The predicted octanol–water partition coefficient (Wildman–Crippen LogP) is 4.90. The molecule has 2 unspecified atom stereocenters. The van der Waals surface area contributed by atoms with Gasteiger partial charge in [0, 0.05) is 28.4 Å². The largest absolute Gasteiger partial charge is 0.481 e. The number of hydrogen-bond donors (Lipinski definition) is 4. The second-order valence-corrected chi connectivity index (χ2v) is 9.80. The minimum atomic E-state index is -1.63. The number of anilines is 2. The van der Waals surface area contributed by atoms with Crippen LogP contribution in [0.15, 0.2) is 95.7 Å². The van der Waals surface area contributed by atoms with Gasteiger partial charge >= 0.3 is 5.97 Å². The summed E-state index contributed by atoms with van der Waals surface area (Å²) in [5.74, 6) is -0.394. The lowest BCUT2D eigenvalue weighted by Gasteiger charge is -2.18. The van der Waals surface area contributed by atoms with Crippen molar-refractivity contribution in [3.05, 3.63) is 102 Å². The van der Waals surface area contributed by atoms with Gasteiger partial charge in [-0.3, -0.25) is 13.8 Å². The highest BCUT2D eigenvalue weighted by Crippen LogP contribution is 2.29. The van der Waals surface area contributed by atoms with E-state index in [2.05, 4.69) is 22.0 Å². The molecule has 0 spiro atoms. The van der Waals surface area contributed by atoms with Gasteiger partial charge in [-0.1, -0.05) is 42.5 Å². The average molecular weight is 490 g/mol. The first-order chi connectivity index (χ1) is 17.0. The smallest absolute Gasteiger partial charge is 0.304 e. The molecule has 0 saturated heterocycles. The van der Waals surface area contributed by atoms with Gasteiger partial charge < -0.3 is 21.1 Å². The zero-order valence-electron chi connectivity index (χ0n) is 19.1. The number of aliphatic carboxylic acids is 1. The van der Waals surface area contributed by atoms with Crippen LogP contribution in [-0.2, 0) is 15.6 Å². The van der Waals surface area contributed by atoms with Gasteiger partial charge in [0.15, 0.2) is 0 Å². The number of carboxylic acid groups (broad SMARTS) is 1. The van der Waals surface area contributed by atoms with Gasteiger partial charge in [0.1, 0.15) is 0 Å². The van der Waals surface area contributed by atoms with E-state index in [9.17, 15) is 18.9 Å². The summed E-state index contributed by atoms with van der Waals surface area (Å²) in [4.78, 5) is 24.8. The molecule has 4 rings (SSSR count). The van der Waals surface area contributed by atoms with Crippen LogP contribution in [0, 0.1) is 0 Å². The molecule has 0 radical (unpaired) electrons. The van der Waals surface area contributed by atoms with Crippen molar-refractivity contribution in [2.24, 2.45) is 0 Å². The molecule has 180 valence electrons.